The maximum atomic E-state index is 12.5. The highest BCUT2D eigenvalue weighted by Gasteiger charge is 2.48. The van der Waals surface area contributed by atoms with Gasteiger partial charge in [-0.05, 0) is 43.7 Å². The average molecular weight is 351 g/mol. The van der Waals surface area contributed by atoms with Crippen LogP contribution in [0.1, 0.15) is 33.6 Å². The predicted molar refractivity (Wildman–Crippen MR) is 95.9 cm³/mol. The summed E-state index contributed by atoms with van der Waals surface area (Å²) in [5, 5.41) is 0. The monoisotopic (exact) mass is 351 g/mol. The first-order valence-electron chi connectivity index (χ1n) is 8.98. The van der Waals surface area contributed by atoms with Crippen molar-refractivity contribution in [3.8, 4) is 0 Å². The zero-order valence-corrected chi connectivity index (χ0v) is 14.4. The molecule has 0 bridgehead atoms. The Balaban J connectivity index is 1.50. The summed E-state index contributed by atoms with van der Waals surface area (Å²) < 4.78 is 11.5. The molecule has 2 fully saturated rings. The molecule has 5 nitrogen and oxygen atoms in total. The topological polar surface area (TPSA) is 55.8 Å². The molecule has 0 unspecified atom stereocenters. The summed E-state index contributed by atoms with van der Waals surface area (Å²) in [7, 11) is 0. The molecule has 2 aliphatic rings. The van der Waals surface area contributed by atoms with E-state index < -0.39 is 12.2 Å². The fraction of sp³-hybridized carbons (Fsp3) is 0.333. The van der Waals surface area contributed by atoms with Gasteiger partial charge >= 0.3 is 11.9 Å². The number of fused-ring (bicyclic) bond motifs is 1. The smallest absolute Gasteiger partial charge is 0.338 e. The summed E-state index contributed by atoms with van der Waals surface area (Å²) in [6.45, 7) is 1.55. The van der Waals surface area contributed by atoms with Crippen LogP contribution >= 0.6 is 0 Å². The van der Waals surface area contributed by atoms with E-state index in [1.165, 1.54) is 0 Å². The molecule has 0 aliphatic carbocycles. The molecule has 0 radical (unpaired) electrons. The fourth-order valence-electron chi connectivity index (χ4n) is 3.84. The Hall–Kier alpha value is -2.66. The van der Waals surface area contributed by atoms with Crippen molar-refractivity contribution in [3.05, 3.63) is 71.8 Å². The molecule has 134 valence electrons. The Kier molecular flexibility index (Phi) is 4.71. The summed E-state index contributed by atoms with van der Waals surface area (Å²) >= 11 is 0. The van der Waals surface area contributed by atoms with Crippen molar-refractivity contribution in [3.63, 3.8) is 0 Å². The van der Waals surface area contributed by atoms with Crippen LogP contribution in [0.25, 0.3) is 0 Å². The molecule has 2 heterocycles. The Morgan fingerprint density at radius 1 is 0.846 bits per heavy atom. The van der Waals surface area contributed by atoms with E-state index >= 15 is 0 Å². The molecule has 2 aromatic carbocycles. The standard InChI is InChI=1S/C21H21NO4/c23-20(15-8-3-1-4-9-15)25-18-14-22-13-7-12-17(22)19(18)26-21(24)16-10-5-2-6-11-16/h1-6,8-11,17-19H,7,12-14H2/t17-,18+,19-/m1/s1. The molecule has 2 aromatic rings. The van der Waals surface area contributed by atoms with Crippen molar-refractivity contribution < 1.29 is 19.1 Å². The van der Waals surface area contributed by atoms with Gasteiger partial charge in [-0.15, -0.1) is 0 Å². The molecule has 0 spiro atoms. The van der Waals surface area contributed by atoms with E-state index in [2.05, 4.69) is 4.90 Å². The largest absolute Gasteiger partial charge is 0.453 e. The van der Waals surface area contributed by atoms with Crippen LogP contribution in [0.2, 0.25) is 0 Å². The number of carbonyl (C=O) groups is 2. The van der Waals surface area contributed by atoms with Crippen molar-refractivity contribution >= 4 is 11.9 Å². The SMILES string of the molecule is O=C(O[C@H]1[C@@H](OC(=O)c2ccccc2)CN2CCC[C@H]12)c1ccccc1. The third kappa shape index (κ3) is 3.35. The van der Waals surface area contributed by atoms with E-state index in [-0.39, 0.29) is 18.0 Å². The van der Waals surface area contributed by atoms with Gasteiger partial charge in [-0.3, -0.25) is 4.90 Å². The van der Waals surface area contributed by atoms with Gasteiger partial charge in [0.05, 0.1) is 17.2 Å². The zero-order valence-electron chi connectivity index (χ0n) is 14.4. The van der Waals surface area contributed by atoms with E-state index in [4.69, 9.17) is 9.47 Å². The molecule has 2 saturated heterocycles. The highest BCUT2D eigenvalue weighted by atomic mass is 16.6. The number of esters is 2. The van der Waals surface area contributed by atoms with Crippen molar-refractivity contribution in [2.75, 3.05) is 13.1 Å². The van der Waals surface area contributed by atoms with Gasteiger partial charge in [-0.1, -0.05) is 36.4 Å². The number of benzene rings is 2. The zero-order chi connectivity index (χ0) is 17.9. The normalized spacial score (nSPS) is 24.8. The highest BCUT2D eigenvalue weighted by Crippen LogP contribution is 2.32. The van der Waals surface area contributed by atoms with E-state index in [9.17, 15) is 9.59 Å². The fourth-order valence-corrected chi connectivity index (χ4v) is 3.84. The summed E-state index contributed by atoms with van der Waals surface area (Å²) in [4.78, 5) is 27.2. The van der Waals surface area contributed by atoms with E-state index in [0.29, 0.717) is 17.7 Å². The van der Waals surface area contributed by atoms with Crippen LogP contribution in [-0.4, -0.2) is 48.2 Å². The lowest BCUT2D eigenvalue weighted by atomic mass is 10.1. The minimum atomic E-state index is -0.444. The maximum Gasteiger partial charge on any atom is 0.338 e. The number of carbonyl (C=O) groups excluding carboxylic acids is 2. The first-order valence-corrected chi connectivity index (χ1v) is 8.98. The molecule has 0 N–H and O–H groups in total. The van der Waals surface area contributed by atoms with Crippen molar-refractivity contribution in [1.82, 2.24) is 4.90 Å². The van der Waals surface area contributed by atoms with Crippen molar-refractivity contribution in [2.24, 2.45) is 0 Å². The number of hydrogen-bond acceptors (Lipinski definition) is 5. The Bertz CT molecular complexity index is 777. The third-order valence-corrected chi connectivity index (χ3v) is 5.09. The third-order valence-electron chi connectivity index (χ3n) is 5.09. The minimum absolute atomic E-state index is 0.122. The van der Waals surface area contributed by atoms with Crippen LogP contribution in [0.3, 0.4) is 0 Å². The van der Waals surface area contributed by atoms with Gasteiger partial charge in [0, 0.05) is 6.54 Å². The maximum absolute atomic E-state index is 12.5. The van der Waals surface area contributed by atoms with Crippen LogP contribution in [0.15, 0.2) is 60.7 Å². The molecule has 0 amide bonds. The predicted octanol–water partition coefficient (Wildman–Crippen LogP) is 2.92. The molecular formula is C21H21NO4. The quantitative estimate of drug-likeness (QED) is 0.793. The first kappa shape index (κ1) is 16.8. The van der Waals surface area contributed by atoms with E-state index in [1.54, 1.807) is 48.5 Å². The second kappa shape index (κ2) is 7.30. The van der Waals surface area contributed by atoms with Gasteiger partial charge in [0.25, 0.3) is 0 Å². The van der Waals surface area contributed by atoms with Gasteiger partial charge in [0.15, 0.2) is 12.2 Å². The van der Waals surface area contributed by atoms with Crippen molar-refractivity contribution in [2.45, 2.75) is 31.1 Å². The van der Waals surface area contributed by atoms with Gasteiger partial charge in [0.2, 0.25) is 0 Å². The van der Waals surface area contributed by atoms with Gasteiger partial charge in [-0.25, -0.2) is 9.59 Å². The second-order valence-electron chi connectivity index (χ2n) is 6.75. The van der Waals surface area contributed by atoms with Crippen LogP contribution in [-0.2, 0) is 9.47 Å². The molecular weight excluding hydrogens is 330 g/mol. The Morgan fingerprint density at radius 3 is 2.04 bits per heavy atom. The molecule has 26 heavy (non-hydrogen) atoms. The summed E-state index contributed by atoms with van der Waals surface area (Å²) in [5.74, 6) is -0.748. The molecule has 0 saturated carbocycles. The number of rotatable bonds is 4. The van der Waals surface area contributed by atoms with Crippen LogP contribution < -0.4 is 0 Å². The van der Waals surface area contributed by atoms with Crippen LogP contribution in [0.5, 0.6) is 0 Å². The second-order valence-corrected chi connectivity index (χ2v) is 6.75. The molecule has 3 atom stereocenters. The number of hydrogen-bond donors (Lipinski definition) is 0. The van der Waals surface area contributed by atoms with Crippen LogP contribution in [0.4, 0.5) is 0 Å². The molecule has 2 aliphatic heterocycles. The number of nitrogens with zero attached hydrogens (tertiary/aromatic N) is 1. The summed E-state index contributed by atoms with van der Waals surface area (Å²) in [6, 6.07) is 18.0. The van der Waals surface area contributed by atoms with E-state index in [1.807, 2.05) is 12.1 Å². The lowest BCUT2D eigenvalue weighted by molar-refractivity contribution is -0.0254. The van der Waals surface area contributed by atoms with E-state index in [0.717, 1.165) is 19.4 Å². The van der Waals surface area contributed by atoms with Crippen molar-refractivity contribution in [1.29, 1.82) is 0 Å². The molecule has 4 rings (SSSR count). The highest BCUT2D eigenvalue weighted by molar-refractivity contribution is 5.90. The Morgan fingerprint density at radius 2 is 1.42 bits per heavy atom. The first-order chi connectivity index (χ1) is 12.7. The Labute approximate surface area is 152 Å². The van der Waals surface area contributed by atoms with Crippen LogP contribution in [0, 0.1) is 0 Å². The average Bonchev–Trinajstić information content (AvgIpc) is 3.26. The minimum Gasteiger partial charge on any atom is -0.453 e. The lowest BCUT2D eigenvalue weighted by Gasteiger charge is -2.23. The summed E-state index contributed by atoms with van der Waals surface area (Å²) in [6.07, 6.45) is 1.15. The summed E-state index contributed by atoms with van der Waals surface area (Å²) in [5.41, 5.74) is 1.02. The molecule has 5 heteroatoms. The molecule has 0 aromatic heterocycles. The van der Waals surface area contributed by atoms with Gasteiger partial charge in [-0.2, -0.15) is 0 Å². The van der Waals surface area contributed by atoms with Gasteiger partial charge < -0.3 is 9.47 Å². The number of ether oxygens (including phenoxy) is 2. The van der Waals surface area contributed by atoms with Gasteiger partial charge in [0.1, 0.15) is 0 Å². The lowest BCUT2D eigenvalue weighted by Crippen LogP contribution is -2.38.